The van der Waals surface area contributed by atoms with Gasteiger partial charge in [-0.25, -0.2) is 9.97 Å². The van der Waals surface area contributed by atoms with E-state index in [2.05, 4.69) is 38.6 Å². The van der Waals surface area contributed by atoms with Crippen molar-refractivity contribution in [1.82, 2.24) is 19.7 Å². The van der Waals surface area contributed by atoms with Crippen molar-refractivity contribution in [3.63, 3.8) is 0 Å². The number of aromatic nitrogens is 4. The summed E-state index contributed by atoms with van der Waals surface area (Å²) in [7, 11) is 1.79. The molecule has 0 spiro atoms. The van der Waals surface area contributed by atoms with Crippen molar-refractivity contribution in [2.75, 3.05) is 5.32 Å². The number of benzene rings is 1. The molecule has 4 aromatic rings. The fourth-order valence-electron chi connectivity index (χ4n) is 3.16. The first kappa shape index (κ1) is 16.9. The number of fused-ring (bicyclic) bond motifs is 1. The number of nitrogens with zero attached hydrogens (tertiary/aromatic N) is 4. The molecule has 0 bridgehead atoms. The molecule has 0 unspecified atom stereocenters. The van der Waals surface area contributed by atoms with Crippen LogP contribution >= 0.6 is 0 Å². The van der Waals surface area contributed by atoms with E-state index in [0.29, 0.717) is 22.7 Å². The molecule has 3 aromatic heterocycles. The van der Waals surface area contributed by atoms with Gasteiger partial charge in [0.25, 0.3) is 5.91 Å². The number of carbonyl (C=O) groups is 1. The van der Waals surface area contributed by atoms with Gasteiger partial charge in [0.15, 0.2) is 5.65 Å². The monoisotopic (exact) mass is 357 g/mol. The third-order valence-corrected chi connectivity index (χ3v) is 4.39. The van der Waals surface area contributed by atoms with E-state index in [9.17, 15) is 4.79 Å². The number of hydrogen-bond donors (Lipinski definition) is 1. The van der Waals surface area contributed by atoms with Crippen molar-refractivity contribution < 1.29 is 4.79 Å². The van der Waals surface area contributed by atoms with Crippen LogP contribution in [0.5, 0.6) is 0 Å². The first-order valence-electron chi connectivity index (χ1n) is 8.66. The molecule has 0 aliphatic rings. The minimum absolute atomic E-state index is 0.233. The Hall–Kier alpha value is -3.54. The summed E-state index contributed by atoms with van der Waals surface area (Å²) < 4.78 is 1.62. The minimum atomic E-state index is -0.233. The van der Waals surface area contributed by atoms with Gasteiger partial charge in [-0.3, -0.25) is 9.48 Å². The number of anilines is 1. The van der Waals surface area contributed by atoms with Crippen molar-refractivity contribution in [3.8, 4) is 11.1 Å². The van der Waals surface area contributed by atoms with Gasteiger partial charge in [-0.1, -0.05) is 30.3 Å². The van der Waals surface area contributed by atoms with Gasteiger partial charge in [0.2, 0.25) is 0 Å². The molecule has 1 aromatic carbocycles. The molecule has 1 N–H and O–H groups in total. The van der Waals surface area contributed by atoms with E-state index >= 15 is 0 Å². The topological polar surface area (TPSA) is 72.7 Å². The molecule has 0 radical (unpaired) electrons. The summed E-state index contributed by atoms with van der Waals surface area (Å²) >= 11 is 0. The summed E-state index contributed by atoms with van der Waals surface area (Å²) in [5.74, 6) is 0.233. The van der Waals surface area contributed by atoms with Crippen molar-refractivity contribution in [2.24, 2.45) is 7.05 Å². The molecule has 0 saturated heterocycles. The summed E-state index contributed by atoms with van der Waals surface area (Å²) in [5, 5.41) is 7.99. The molecular weight excluding hydrogens is 338 g/mol. The van der Waals surface area contributed by atoms with E-state index in [4.69, 9.17) is 0 Å². The maximum absolute atomic E-state index is 12.5. The summed E-state index contributed by atoms with van der Waals surface area (Å²) in [5.41, 5.74) is 4.87. The van der Waals surface area contributed by atoms with Crippen LogP contribution in [0, 0.1) is 13.8 Å². The Labute approximate surface area is 156 Å². The number of amides is 1. The van der Waals surface area contributed by atoms with Gasteiger partial charge < -0.3 is 5.32 Å². The number of pyridine rings is 2. The average Bonchev–Trinajstić information content (AvgIpc) is 3.00. The molecule has 1 amide bonds. The van der Waals surface area contributed by atoms with Crippen LogP contribution < -0.4 is 5.32 Å². The Balaban J connectivity index is 1.73. The Morgan fingerprint density at radius 2 is 1.81 bits per heavy atom. The lowest BCUT2D eigenvalue weighted by molar-refractivity contribution is 0.102. The number of nitrogens with one attached hydrogen (secondary N) is 1. The number of rotatable bonds is 3. The van der Waals surface area contributed by atoms with Crippen molar-refractivity contribution in [3.05, 3.63) is 71.7 Å². The van der Waals surface area contributed by atoms with E-state index in [0.717, 1.165) is 22.2 Å². The Morgan fingerprint density at radius 3 is 2.52 bits per heavy atom. The Bertz CT molecular complexity index is 1150. The number of carbonyl (C=O) groups excluding carboxylic acids is 1. The molecule has 27 heavy (non-hydrogen) atoms. The van der Waals surface area contributed by atoms with Crippen molar-refractivity contribution >= 4 is 22.8 Å². The average molecular weight is 357 g/mol. The molecule has 4 rings (SSSR count). The molecular formula is C21H19N5O. The summed E-state index contributed by atoms with van der Waals surface area (Å²) in [4.78, 5) is 21.6. The van der Waals surface area contributed by atoms with Gasteiger partial charge in [0.05, 0.1) is 11.3 Å². The van der Waals surface area contributed by atoms with E-state index in [-0.39, 0.29) is 5.91 Å². The second kappa shape index (κ2) is 6.64. The molecule has 134 valence electrons. The second-order valence-electron chi connectivity index (χ2n) is 6.50. The zero-order valence-electron chi connectivity index (χ0n) is 15.4. The van der Waals surface area contributed by atoms with Crippen LogP contribution in [0.1, 0.15) is 21.7 Å². The largest absolute Gasteiger partial charge is 0.306 e. The predicted molar refractivity (Wildman–Crippen MR) is 106 cm³/mol. The highest BCUT2D eigenvalue weighted by molar-refractivity contribution is 6.05. The predicted octanol–water partition coefficient (Wildman–Crippen LogP) is 3.90. The van der Waals surface area contributed by atoms with Crippen LogP contribution in [0.2, 0.25) is 0 Å². The third kappa shape index (κ3) is 3.29. The zero-order valence-corrected chi connectivity index (χ0v) is 15.4. The number of hydrogen-bond acceptors (Lipinski definition) is 4. The molecule has 0 aliphatic carbocycles. The quantitative estimate of drug-likeness (QED) is 0.603. The maximum Gasteiger partial charge on any atom is 0.260 e. The van der Waals surface area contributed by atoms with E-state index in [1.165, 1.54) is 0 Å². The van der Waals surface area contributed by atoms with Gasteiger partial charge in [-0.05, 0) is 43.2 Å². The highest BCUT2D eigenvalue weighted by Gasteiger charge is 2.14. The Kier molecular flexibility index (Phi) is 4.16. The van der Waals surface area contributed by atoms with Crippen LogP contribution in [0.15, 0.2) is 54.7 Å². The molecule has 6 nitrogen and oxygen atoms in total. The second-order valence-corrected chi connectivity index (χ2v) is 6.50. The first-order valence-corrected chi connectivity index (χ1v) is 8.66. The van der Waals surface area contributed by atoms with E-state index in [1.807, 2.05) is 31.2 Å². The molecule has 6 heteroatoms. The summed E-state index contributed by atoms with van der Waals surface area (Å²) in [6.07, 6.45) is 1.70. The fraction of sp³-hybridized carbons (Fsp3) is 0.143. The first-order chi connectivity index (χ1) is 13.0. The lowest BCUT2D eigenvalue weighted by atomic mass is 10.0. The molecule has 0 aliphatic heterocycles. The van der Waals surface area contributed by atoms with Crippen LogP contribution in [-0.2, 0) is 7.05 Å². The van der Waals surface area contributed by atoms with Crippen LogP contribution in [0.4, 0.5) is 5.82 Å². The zero-order chi connectivity index (χ0) is 19.0. The van der Waals surface area contributed by atoms with Crippen molar-refractivity contribution in [2.45, 2.75) is 13.8 Å². The lowest BCUT2D eigenvalue weighted by Crippen LogP contribution is -2.13. The van der Waals surface area contributed by atoms with Gasteiger partial charge in [-0.2, -0.15) is 5.10 Å². The third-order valence-electron chi connectivity index (χ3n) is 4.39. The fourth-order valence-corrected chi connectivity index (χ4v) is 3.16. The van der Waals surface area contributed by atoms with Crippen LogP contribution in [0.25, 0.3) is 22.2 Å². The van der Waals surface area contributed by atoms with Crippen LogP contribution in [0.3, 0.4) is 0 Å². The highest BCUT2D eigenvalue weighted by Crippen LogP contribution is 2.28. The smallest absolute Gasteiger partial charge is 0.260 e. The van der Waals surface area contributed by atoms with E-state index < -0.39 is 0 Å². The van der Waals surface area contributed by atoms with Gasteiger partial charge >= 0.3 is 0 Å². The molecule has 3 heterocycles. The number of aryl methyl sites for hydroxylation is 3. The minimum Gasteiger partial charge on any atom is -0.306 e. The van der Waals surface area contributed by atoms with Gasteiger partial charge in [0.1, 0.15) is 5.82 Å². The molecule has 0 atom stereocenters. The standard InChI is InChI=1S/C21H19N5O/c1-13-11-17(15-7-5-4-6-8-15)16-9-10-19(23-20(16)22-13)24-21(27)18-12-26(3)25-14(18)2/h4-12H,1-3H3,(H,22,23,24,27). The van der Waals surface area contributed by atoms with Crippen molar-refractivity contribution in [1.29, 1.82) is 0 Å². The Morgan fingerprint density at radius 1 is 1.04 bits per heavy atom. The SMILES string of the molecule is Cc1cc(-c2ccccc2)c2ccc(NC(=O)c3cn(C)nc3C)nc2n1. The molecule has 0 saturated carbocycles. The summed E-state index contributed by atoms with van der Waals surface area (Å²) in [6, 6.07) is 15.9. The highest BCUT2D eigenvalue weighted by atomic mass is 16.1. The summed E-state index contributed by atoms with van der Waals surface area (Å²) in [6.45, 7) is 3.75. The molecule has 0 fully saturated rings. The van der Waals surface area contributed by atoms with Gasteiger partial charge in [-0.15, -0.1) is 0 Å². The van der Waals surface area contributed by atoms with Gasteiger partial charge in [0, 0.05) is 24.3 Å². The van der Waals surface area contributed by atoms with Crippen LogP contribution in [-0.4, -0.2) is 25.7 Å². The van der Waals surface area contributed by atoms with E-state index in [1.54, 1.807) is 30.9 Å². The maximum atomic E-state index is 12.5. The lowest BCUT2D eigenvalue weighted by Gasteiger charge is -2.10. The normalized spacial score (nSPS) is 10.9.